The Bertz CT molecular complexity index is 711. The predicted molar refractivity (Wildman–Crippen MR) is 74.3 cm³/mol. The number of aryl methyl sites for hydroxylation is 1. The molecule has 0 spiro atoms. The van der Waals surface area contributed by atoms with Crippen LogP contribution in [0.2, 0.25) is 0 Å². The third kappa shape index (κ3) is 3.26. The van der Waals surface area contributed by atoms with E-state index in [0.717, 1.165) is 0 Å². The summed E-state index contributed by atoms with van der Waals surface area (Å²) >= 11 is 0. The second-order valence-electron chi connectivity index (χ2n) is 4.33. The SMILES string of the molecule is CCNc1nc(Oc2cc(C#N)ccc2C)c(F)cc1F. The average molecular weight is 289 g/mol. The first-order valence-electron chi connectivity index (χ1n) is 6.33. The zero-order chi connectivity index (χ0) is 15.4. The van der Waals surface area contributed by atoms with E-state index in [9.17, 15) is 8.78 Å². The molecule has 0 amide bonds. The molecule has 6 heteroatoms. The molecule has 0 bridgehead atoms. The number of anilines is 1. The quantitative estimate of drug-likeness (QED) is 0.931. The summed E-state index contributed by atoms with van der Waals surface area (Å²) < 4.78 is 32.6. The van der Waals surface area contributed by atoms with E-state index in [-0.39, 0.29) is 11.7 Å². The molecule has 0 saturated carbocycles. The van der Waals surface area contributed by atoms with Crippen LogP contribution in [0.25, 0.3) is 0 Å². The van der Waals surface area contributed by atoms with Gasteiger partial charge in [-0.25, -0.2) is 8.78 Å². The minimum Gasteiger partial charge on any atom is -0.436 e. The van der Waals surface area contributed by atoms with Gasteiger partial charge in [0.2, 0.25) is 0 Å². The van der Waals surface area contributed by atoms with Crippen molar-refractivity contribution >= 4 is 5.82 Å². The van der Waals surface area contributed by atoms with E-state index in [4.69, 9.17) is 10.00 Å². The second-order valence-corrected chi connectivity index (χ2v) is 4.33. The maximum atomic E-state index is 13.8. The molecule has 2 rings (SSSR count). The highest BCUT2D eigenvalue weighted by atomic mass is 19.1. The lowest BCUT2D eigenvalue weighted by Gasteiger charge is -2.11. The predicted octanol–water partition coefficient (Wildman–Crippen LogP) is 3.76. The Labute approximate surface area is 121 Å². The molecule has 0 atom stereocenters. The Kier molecular flexibility index (Phi) is 4.33. The molecule has 1 aromatic carbocycles. The fourth-order valence-corrected chi connectivity index (χ4v) is 1.70. The number of ether oxygens (including phenoxy) is 1. The number of nitrogens with zero attached hydrogens (tertiary/aromatic N) is 2. The van der Waals surface area contributed by atoms with Crippen LogP contribution in [0.1, 0.15) is 18.1 Å². The number of hydrogen-bond donors (Lipinski definition) is 1. The van der Waals surface area contributed by atoms with Crippen LogP contribution >= 0.6 is 0 Å². The summed E-state index contributed by atoms with van der Waals surface area (Å²) in [5.74, 6) is -1.82. The van der Waals surface area contributed by atoms with Gasteiger partial charge in [-0.15, -0.1) is 0 Å². The Balaban J connectivity index is 2.39. The van der Waals surface area contributed by atoms with Crippen molar-refractivity contribution in [3.63, 3.8) is 0 Å². The fourth-order valence-electron chi connectivity index (χ4n) is 1.70. The van der Waals surface area contributed by atoms with E-state index in [1.165, 1.54) is 6.07 Å². The van der Waals surface area contributed by atoms with Gasteiger partial charge in [0.05, 0.1) is 11.6 Å². The van der Waals surface area contributed by atoms with E-state index < -0.39 is 11.6 Å². The molecule has 0 aliphatic rings. The van der Waals surface area contributed by atoms with Crippen molar-refractivity contribution in [1.29, 1.82) is 5.26 Å². The molecule has 4 nitrogen and oxygen atoms in total. The highest BCUT2D eigenvalue weighted by Gasteiger charge is 2.14. The Morgan fingerprint density at radius 1 is 1.29 bits per heavy atom. The van der Waals surface area contributed by atoms with Crippen molar-refractivity contribution in [3.05, 3.63) is 47.0 Å². The number of aromatic nitrogens is 1. The standard InChI is InChI=1S/C15H13F2N3O/c1-3-19-14-11(16)7-12(17)15(20-14)21-13-6-10(8-18)5-4-9(13)2/h4-7H,3H2,1-2H3,(H,19,20). The van der Waals surface area contributed by atoms with Gasteiger partial charge in [-0.3, -0.25) is 0 Å². The number of rotatable bonds is 4. The van der Waals surface area contributed by atoms with Gasteiger partial charge in [-0.05, 0) is 31.5 Å². The minimum absolute atomic E-state index is 0.0806. The van der Waals surface area contributed by atoms with Crippen LogP contribution in [0.3, 0.4) is 0 Å². The van der Waals surface area contributed by atoms with E-state index in [2.05, 4.69) is 10.3 Å². The third-order valence-electron chi connectivity index (χ3n) is 2.77. The van der Waals surface area contributed by atoms with Crippen molar-refractivity contribution in [2.45, 2.75) is 13.8 Å². The van der Waals surface area contributed by atoms with Crippen molar-refractivity contribution in [1.82, 2.24) is 4.98 Å². The number of nitriles is 1. The molecule has 1 heterocycles. The molecule has 2 aromatic rings. The topological polar surface area (TPSA) is 57.9 Å². The van der Waals surface area contributed by atoms with Crippen LogP contribution in [0.4, 0.5) is 14.6 Å². The van der Waals surface area contributed by atoms with Gasteiger partial charge in [0.25, 0.3) is 5.88 Å². The van der Waals surface area contributed by atoms with E-state index in [0.29, 0.717) is 29.5 Å². The minimum atomic E-state index is -0.907. The maximum Gasteiger partial charge on any atom is 0.258 e. The lowest BCUT2D eigenvalue weighted by Crippen LogP contribution is -2.05. The van der Waals surface area contributed by atoms with Crippen LogP contribution in [0, 0.1) is 29.9 Å². The van der Waals surface area contributed by atoms with Crippen LogP contribution in [0.5, 0.6) is 11.6 Å². The number of pyridine rings is 1. The second kappa shape index (κ2) is 6.18. The maximum absolute atomic E-state index is 13.8. The Hall–Kier alpha value is -2.68. The molecule has 0 aliphatic heterocycles. The molecule has 1 N–H and O–H groups in total. The third-order valence-corrected chi connectivity index (χ3v) is 2.77. The molecular weight excluding hydrogens is 276 g/mol. The summed E-state index contributed by atoms with van der Waals surface area (Å²) in [6, 6.07) is 7.47. The summed E-state index contributed by atoms with van der Waals surface area (Å²) in [6.07, 6.45) is 0. The van der Waals surface area contributed by atoms with Gasteiger partial charge < -0.3 is 10.1 Å². The number of halogens is 2. The molecule has 1 aromatic heterocycles. The van der Waals surface area contributed by atoms with Crippen LogP contribution in [-0.4, -0.2) is 11.5 Å². The van der Waals surface area contributed by atoms with Crippen molar-refractivity contribution in [2.75, 3.05) is 11.9 Å². The summed E-state index contributed by atoms with van der Waals surface area (Å²) in [4.78, 5) is 3.79. The van der Waals surface area contributed by atoms with Gasteiger partial charge in [-0.1, -0.05) is 6.07 Å². The first-order chi connectivity index (χ1) is 10.0. The first kappa shape index (κ1) is 14.7. The van der Waals surface area contributed by atoms with Gasteiger partial charge in [0, 0.05) is 12.6 Å². The van der Waals surface area contributed by atoms with E-state index in [1.807, 2.05) is 6.07 Å². The molecule has 21 heavy (non-hydrogen) atoms. The van der Waals surface area contributed by atoms with E-state index >= 15 is 0 Å². The zero-order valence-electron chi connectivity index (χ0n) is 11.6. The Morgan fingerprint density at radius 2 is 2.05 bits per heavy atom. The van der Waals surface area contributed by atoms with Crippen molar-refractivity contribution in [3.8, 4) is 17.7 Å². The molecule has 0 fully saturated rings. The number of hydrogen-bond acceptors (Lipinski definition) is 4. The molecule has 108 valence electrons. The average Bonchev–Trinajstić information content (AvgIpc) is 2.46. The number of benzene rings is 1. The highest BCUT2D eigenvalue weighted by molar-refractivity contribution is 5.45. The number of nitrogens with one attached hydrogen (secondary N) is 1. The summed E-state index contributed by atoms with van der Waals surface area (Å²) in [5, 5.41) is 11.6. The smallest absolute Gasteiger partial charge is 0.258 e. The molecule has 0 unspecified atom stereocenters. The molecule has 0 saturated heterocycles. The zero-order valence-corrected chi connectivity index (χ0v) is 11.6. The Morgan fingerprint density at radius 3 is 2.71 bits per heavy atom. The fraction of sp³-hybridized carbons (Fsp3) is 0.200. The lowest BCUT2D eigenvalue weighted by atomic mass is 10.1. The van der Waals surface area contributed by atoms with Gasteiger partial charge >= 0.3 is 0 Å². The monoisotopic (exact) mass is 289 g/mol. The van der Waals surface area contributed by atoms with Gasteiger partial charge in [0.15, 0.2) is 17.5 Å². The van der Waals surface area contributed by atoms with Crippen LogP contribution < -0.4 is 10.1 Å². The lowest BCUT2D eigenvalue weighted by molar-refractivity contribution is 0.415. The molecular formula is C15H13F2N3O. The van der Waals surface area contributed by atoms with Crippen molar-refractivity contribution in [2.24, 2.45) is 0 Å². The molecule has 0 aliphatic carbocycles. The largest absolute Gasteiger partial charge is 0.436 e. The van der Waals surface area contributed by atoms with Crippen LogP contribution in [-0.2, 0) is 0 Å². The van der Waals surface area contributed by atoms with Gasteiger partial charge in [0.1, 0.15) is 5.75 Å². The first-order valence-corrected chi connectivity index (χ1v) is 6.33. The highest BCUT2D eigenvalue weighted by Crippen LogP contribution is 2.28. The summed E-state index contributed by atoms with van der Waals surface area (Å²) in [5.41, 5.74) is 1.09. The normalized spacial score (nSPS) is 10.0. The van der Waals surface area contributed by atoms with Crippen LogP contribution in [0.15, 0.2) is 24.3 Å². The molecule has 0 radical (unpaired) electrons. The summed E-state index contributed by atoms with van der Waals surface area (Å²) in [6.45, 7) is 3.96. The van der Waals surface area contributed by atoms with E-state index in [1.54, 1.807) is 26.0 Å². The summed E-state index contributed by atoms with van der Waals surface area (Å²) in [7, 11) is 0. The van der Waals surface area contributed by atoms with Gasteiger partial charge in [-0.2, -0.15) is 10.2 Å². The van der Waals surface area contributed by atoms with Crippen molar-refractivity contribution < 1.29 is 13.5 Å².